The molecule has 1 aliphatic heterocycles. The number of nitrogens with zero attached hydrogens (tertiary/aromatic N) is 3. The van der Waals surface area contributed by atoms with E-state index in [1.807, 2.05) is 7.05 Å². The normalized spacial score (nSPS) is 20.2. The summed E-state index contributed by atoms with van der Waals surface area (Å²) in [6.07, 6.45) is 2.54. The van der Waals surface area contributed by atoms with E-state index >= 15 is 0 Å². The molecule has 1 N–H and O–H groups in total. The van der Waals surface area contributed by atoms with Crippen LogP contribution in [0.3, 0.4) is 0 Å². The standard InChI is InChI=1S/C13H22N4/c1-10(2)12-5-4-8-17(12)13-7-6-11(9-14-3)15-16-13/h6-7,10,12,14H,4-5,8-9H2,1-3H3. The number of aromatic nitrogens is 2. The molecule has 0 amide bonds. The Balaban J connectivity index is 2.11. The first-order valence-electron chi connectivity index (χ1n) is 6.46. The number of nitrogens with one attached hydrogen (secondary N) is 1. The molecule has 0 aromatic carbocycles. The zero-order chi connectivity index (χ0) is 12.3. The first kappa shape index (κ1) is 12.3. The van der Waals surface area contributed by atoms with Crippen molar-refractivity contribution in [2.75, 3.05) is 18.5 Å². The van der Waals surface area contributed by atoms with Crippen LogP contribution in [0.25, 0.3) is 0 Å². The van der Waals surface area contributed by atoms with Crippen molar-refractivity contribution in [1.82, 2.24) is 15.5 Å². The molecule has 1 atom stereocenters. The van der Waals surface area contributed by atoms with Crippen molar-refractivity contribution in [3.63, 3.8) is 0 Å². The van der Waals surface area contributed by atoms with Gasteiger partial charge in [0.15, 0.2) is 5.82 Å². The summed E-state index contributed by atoms with van der Waals surface area (Å²) >= 11 is 0. The molecular formula is C13H22N4. The molecule has 0 spiro atoms. The van der Waals surface area contributed by atoms with Crippen molar-refractivity contribution in [3.8, 4) is 0 Å². The van der Waals surface area contributed by atoms with E-state index in [1.165, 1.54) is 12.8 Å². The minimum absolute atomic E-state index is 0.624. The molecule has 94 valence electrons. The van der Waals surface area contributed by atoms with Crippen molar-refractivity contribution in [3.05, 3.63) is 17.8 Å². The van der Waals surface area contributed by atoms with Crippen LogP contribution in [-0.2, 0) is 6.54 Å². The van der Waals surface area contributed by atoms with Crippen LogP contribution in [0.1, 0.15) is 32.4 Å². The minimum atomic E-state index is 0.624. The van der Waals surface area contributed by atoms with Crippen LogP contribution in [-0.4, -0.2) is 29.8 Å². The molecule has 0 radical (unpaired) electrons. The highest BCUT2D eigenvalue weighted by molar-refractivity contribution is 5.40. The van der Waals surface area contributed by atoms with Crippen LogP contribution in [0.15, 0.2) is 12.1 Å². The summed E-state index contributed by atoms with van der Waals surface area (Å²) in [6, 6.07) is 4.79. The molecule has 17 heavy (non-hydrogen) atoms. The molecule has 4 nitrogen and oxygen atoms in total. The van der Waals surface area contributed by atoms with Gasteiger partial charge in [-0.25, -0.2) is 0 Å². The molecule has 1 fully saturated rings. The largest absolute Gasteiger partial charge is 0.352 e. The highest BCUT2D eigenvalue weighted by Crippen LogP contribution is 2.27. The molecule has 1 unspecified atom stereocenters. The lowest BCUT2D eigenvalue weighted by atomic mass is 10.0. The second-order valence-electron chi connectivity index (χ2n) is 5.06. The SMILES string of the molecule is CNCc1ccc(N2CCCC2C(C)C)nn1. The van der Waals surface area contributed by atoms with Gasteiger partial charge in [0.1, 0.15) is 0 Å². The van der Waals surface area contributed by atoms with E-state index in [1.54, 1.807) is 0 Å². The smallest absolute Gasteiger partial charge is 0.151 e. The third-order valence-electron chi connectivity index (χ3n) is 3.43. The second-order valence-corrected chi connectivity index (χ2v) is 5.06. The van der Waals surface area contributed by atoms with E-state index < -0.39 is 0 Å². The summed E-state index contributed by atoms with van der Waals surface area (Å²) in [5.74, 6) is 1.71. The monoisotopic (exact) mass is 234 g/mol. The summed E-state index contributed by atoms with van der Waals surface area (Å²) in [5.41, 5.74) is 0.997. The topological polar surface area (TPSA) is 41.0 Å². The Morgan fingerprint density at radius 3 is 2.82 bits per heavy atom. The van der Waals surface area contributed by atoms with Gasteiger partial charge in [0.2, 0.25) is 0 Å². The third kappa shape index (κ3) is 2.75. The average Bonchev–Trinajstić information content (AvgIpc) is 2.79. The first-order valence-corrected chi connectivity index (χ1v) is 6.46. The van der Waals surface area contributed by atoms with Gasteiger partial charge in [-0.3, -0.25) is 0 Å². The summed E-state index contributed by atoms with van der Waals surface area (Å²) in [4.78, 5) is 2.40. The van der Waals surface area contributed by atoms with Crippen molar-refractivity contribution < 1.29 is 0 Å². The Morgan fingerprint density at radius 2 is 2.24 bits per heavy atom. The maximum absolute atomic E-state index is 4.35. The van der Waals surface area contributed by atoms with Crippen molar-refractivity contribution in [2.45, 2.75) is 39.3 Å². The van der Waals surface area contributed by atoms with Crippen LogP contribution < -0.4 is 10.2 Å². The molecule has 1 aromatic heterocycles. The Labute approximate surface area is 103 Å². The highest BCUT2D eigenvalue weighted by atomic mass is 15.3. The number of hydrogen-bond acceptors (Lipinski definition) is 4. The predicted molar refractivity (Wildman–Crippen MR) is 70.0 cm³/mol. The van der Waals surface area contributed by atoms with Gasteiger partial charge in [-0.15, -0.1) is 5.10 Å². The van der Waals surface area contributed by atoms with E-state index in [9.17, 15) is 0 Å². The minimum Gasteiger partial charge on any atom is -0.352 e. The van der Waals surface area contributed by atoms with Crippen molar-refractivity contribution in [2.24, 2.45) is 5.92 Å². The van der Waals surface area contributed by atoms with E-state index in [-0.39, 0.29) is 0 Å². The maximum Gasteiger partial charge on any atom is 0.151 e. The Morgan fingerprint density at radius 1 is 1.41 bits per heavy atom. The maximum atomic E-state index is 4.35. The zero-order valence-corrected chi connectivity index (χ0v) is 11.0. The molecule has 0 bridgehead atoms. The first-order chi connectivity index (χ1) is 8.22. The Kier molecular flexibility index (Phi) is 3.94. The molecule has 2 heterocycles. The predicted octanol–water partition coefficient (Wildman–Crippen LogP) is 1.82. The molecule has 4 heteroatoms. The van der Waals surface area contributed by atoms with E-state index in [0.717, 1.165) is 24.6 Å². The molecular weight excluding hydrogens is 212 g/mol. The van der Waals surface area contributed by atoms with Crippen LogP contribution >= 0.6 is 0 Å². The summed E-state index contributed by atoms with van der Waals surface area (Å²) < 4.78 is 0. The van der Waals surface area contributed by atoms with E-state index in [0.29, 0.717) is 12.0 Å². The molecule has 1 saturated heterocycles. The lowest BCUT2D eigenvalue weighted by molar-refractivity contribution is 0.488. The molecule has 0 saturated carbocycles. The Hall–Kier alpha value is -1.16. The van der Waals surface area contributed by atoms with Crippen molar-refractivity contribution in [1.29, 1.82) is 0 Å². The van der Waals surface area contributed by atoms with Gasteiger partial charge in [-0.2, -0.15) is 5.10 Å². The highest BCUT2D eigenvalue weighted by Gasteiger charge is 2.28. The second kappa shape index (κ2) is 5.45. The van der Waals surface area contributed by atoms with Crippen LogP contribution in [0.4, 0.5) is 5.82 Å². The zero-order valence-electron chi connectivity index (χ0n) is 11.0. The van der Waals surface area contributed by atoms with Crippen LogP contribution in [0.2, 0.25) is 0 Å². The average molecular weight is 234 g/mol. The lowest BCUT2D eigenvalue weighted by Crippen LogP contribution is -2.34. The fraction of sp³-hybridized carbons (Fsp3) is 0.692. The molecule has 2 rings (SSSR count). The van der Waals surface area contributed by atoms with Gasteiger partial charge < -0.3 is 10.2 Å². The van der Waals surface area contributed by atoms with E-state index in [2.05, 4.69) is 46.4 Å². The van der Waals surface area contributed by atoms with Crippen molar-refractivity contribution >= 4 is 5.82 Å². The molecule has 0 aliphatic carbocycles. The third-order valence-corrected chi connectivity index (χ3v) is 3.43. The molecule has 1 aromatic rings. The van der Waals surface area contributed by atoms with E-state index in [4.69, 9.17) is 0 Å². The molecule has 1 aliphatic rings. The fourth-order valence-corrected chi connectivity index (χ4v) is 2.55. The number of rotatable bonds is 4. The van der Waals surface area contributed by atoms with Gasteiger partial charge in [0.25, 0.3) is 0 Å². The Bertz CT molecular complexity index is 347. The quantitative estimate of drug-likeness (QED) is 0.863. The number of hydrogen-bond donors (Lipinski definition) is 1. The van der Waals surface area contributed by atoms with Gasteiger partial charge in [0, 0.05) is 19.1 Å². The lowest BCUT2D eigenvalue weighted by Gasteiger charge is -2.28. The van der Waals surface area contributed by atoms with Gasteiger partial charge in [-0.1, -0.05) is 13.8 Å². The number of anilines is 1. The van der Waals surface area contributed by atoms with Gasteiger partial charge in [0.05, 0.1) is 5.69 Å². The summed E-state index contributed by atoms with van der Waals surface area (Å²) in [6.45, 7) is 6.46. The van der Waals surface area contributed by atoms with Gasteiger partial charge in [-0.05, 0) is 37.9 Å². The van der Waals surface area contributed by atoms with Gasteiger partial charge >= 0.3 is 0 Å². The summed E-state index contributed by atoms with van der Waals surface area (Å²) in [5, 5.41) is 11.7. The van der Waals surface area contributed by atoms with Crippen LogP contribution in [0, 0.1) is 5.92 Å². The fourth-order valence-electron chi connectivity index (χ4n) is 2.55. The summed E-state index contributed by atoms with van der Waals surface area (Å²) in [7, 11) is 1.92. The van der Waals surface area contributed by atoms with Crippen LogP contribution in [0.5, 0.6) is 0 Å².